The van der Waals surface area contributed by atoms with Crippen LogP contribution in [0.1, 0.15) is 37.9 Å². The van der Waals surface area contributed by atoms with Crippen molar-refractivity contribution in [3.8, 4) is 11.5 Å². The summed E-state index contributed by atoms with van der Waals surface area (Å²) in [7, 11) is 1.36. The highest BCUT2D eigenvalue weighted by Gasteiger charge is 2.35. The number of allylic oxidation sites excluding steroid dienone is 1. The van der Waals surface area contributed by atoms with Gasteiger partial charge in [-0.15, -0.1) is 0 Å². The summed E-state index contributed by atoms with van der Waals surface area (Å²) < 4.78 is 16.5. The van der Waals surface area contributed by atoms with E-state index in [1.54, 1.807) is 6.92 Å². The molecule has 1 unspecified atom stereocenters. The first-order valence-electron chi connectivity index (χ1n) is 10.7. The predicted octanol–water partition coefficient (Wildman–Crippen LogP) is 4.01. The van der Waals surface area contributed by atoms with Gasteiger partial charge in [-0.05, 0) is 30.0 Å². The van der Waals surface area contributed by atoms with E-state index in [0.29, 0.717) is 5.70 Å². The van der Waals surface area contributed by atoms with E-state index >= 15 is 0 Å². The summed E-state index contributed by atoms with van der Waals surface area (Å²) in [5.41, 5.74) is 1.19. The van der Waals surface area contributed by atoms with Crippen molar-refractivity contribution in [1.82, 2.24) is 10.6 Å². The summed E-state index contributed by atoms with van der Waals surface area (Å²) >= 11 is 0. The van der Waals surface area contributed by atoms with Gasteiger partial charge in [0.2, 0.25) is 5.75 Å². The third-order valence-corrected chi connectivity index (χ3v) is 5.07. The normalized spacial score (nSPS) is 15.4. The molecule has 1 aliphatic heterocycles. The van der Waals surface area contributed by atoms with E-state index in [2.05, 4.69) is 10.6 Å². The fourth-order valence-electron chi connectivity index (χ4n) is 3.47. The Kier molecular flexibility index (Phi) is 7.72. The van der Waals surface area contributed by atoms with Gasteiger partial charge in [0.25, 0.3) is 0 Å². The number of carbonyl (C=O) groups excluding carboxylic acids is 2. The van der Waals surface area contributed by atoms with Crippen LogP contribution in [0.25, 0.3) is 0 Å². The van der Waals surface area contributed by atoms with Crippen LogP contribution in [0.5, 0.6) is 11.5 Å². The lowest BCUT2D eigenvalue weighted by Crippen LogP contribution is -2.45. The fourth-order valence-corrected chi connectivity index (χ4v) is 3.47. The van der Waals surface area contributed by atoms with Crippen LogP contribution in [0.3, 0.4) is 0 Å². The lowest BCUT2D eigenvalue weighted by molar-refractivity contribution is -0.386. The number of hydrogen-bond donors (Lipinski definition) is 2. The average molecular weight is 469 g/mol. The molecular weight excluding hydrogens is 442 g/mol. The average Bonchev–Trinajstić information content (AvgIpc) is 2.80. The van der Waals surface area contributed by atoms with Crippen LogP contribution in [0.2, 0.25) is 0 Å². The van der Waals surface area contributed by atoms with Crippen LogP contribution in [-0.4, -0.2) is 30.6 Å². The molecule has 0 saturated heterocycles. The third kappa shape index (κ3) is 5.64. The second-order valence-electron chi connectivity index (χ2n) is 8.17. The zero-order chi connectivity index (χ0) is 24.8. The molecule has 0 aliphatic carbocycles. The topological polar surface area (TPSA) is 129 Å². The van der Waals surface area contributed by atoms with Gasteiger partial charge >= 0.3 is 17.7 Å². The smallest absolute Gasteiger partial charge is 0.338 e. The first-order valence-corrected chi connectivity index (χ1v) is 10.7. The molecule has 3 rings (SSSR count). The molecule has 0 radical (unpaired) electrons. The molecule has 0 saturated carbocycles. The summed E-state index contributed by atoms with van der Waals surface area (Å²) in [6, 6.07) is 10.4. The molecule has 1 heterocycles. The largest absolute Gasteiger partial charge is 0.493 e. The van der Waals surface area contributed by atoms with Crippen molar-refractivity contribution in [2.24, 2.45) is 5.92 Å². The number of rotatable bonds is 9. The molecule has 0 bridgehead atoms. The predicted molar refractivity (Wildman–Crippen MR) is 123 cm³/mol. The quantitative estimate of drug-likeness (QED) is 0.322. The van der Waals surface area contributed by atoms with Crippen molar-refractivity contribution in [2.45, 2.75) is 33.4 Å². The zero-order valence-corrected chi connectivity index (χ0v) is 19.4. The van der Waals surface area contributed by atoms with E-state index in [1.807, 2.05) is 44.2 Å². The summed E-state index contributed by atoms with van der Waals surface area (Å²) in [5, 5.41) is 17.1. The lowest BCUT2D eigenvalue weighted by Gasteiger charge is -2.28. The molecule has 0 aromatic heterocycles. The van der Waals surface area contributed by atoms with E-state index in [1.165, 1.54) is 19.2 Å². The molecule has 10 nitrogen and oxygen atoms in total. The highest BCUT2D eigenvalue weighted by molar-refractivity contribution is 5.95. The second kappa shape index (κ2) is 10.7. The van der Waals surface area contributed by atoms with Crippen molar-refractivity contribution in [2.75, 3.05) is 13.7 Å². The number of nitro benzene ring substituents is 1. The molecule has 2 aromatic carbocycles. The Balaban J connectivity index is 2.02. The summed E-state index contributed by atoms with van der Waals surface area (Å²) in [4.78, 5) is 36.4. The van der Waals surface area contributed by atoms with Gasteiger partial charge in [0, 0.05) is 11.8 Å². The number of urea groups is 1. The Morgan fingerprint density at radius 3 is 2.53 bits per heavy atom. The van der Waals surface area contributed by atoms with E-state index in [9.17, 15) is 19.7 Å². The van der Waals surface area contributed by atoms with Gasteiger partial charge in [-0.25, -0.2) is 9.59 Å². The number of nitro groups is 1. The molecule has 2 N–H and O–H groups in total. The molecule has 180 valence electrons. The number of ether oxygens (including phenoxy) is 3. The van der Waals surface area contributed by atoms with Crippen LogP contribution in [-0.2, 0) is 16.1 Å². The van der Waals surface area contributed by atoms with Crippen molar-refractivity contribution in [3.63, 3.8) is 0 Å². The lowest BCUT2D eigenvalue weighted by atomic mass is 9.94. The Morgan fingerprint density at radius 2 is 1.91 bits per heavy atom. The standard InChI is InChI=1S/C24H27N3O7/c1-14(2)12-34-23(28)20-15(3)25-24(29)26-21(20)17-10-18(27(30)31)22(19(11-17)32-4)33-13-16-8-6-5-7-9-16/h5-11,14,21H,12-13H2,1-4H3,(H2,25,26,29). The Bertz CT molecular complexity index is 1110. The van der Waals surface area contributed by atoms with Gasteiger partial charge in [-0.1, -0.05) is 44.2 Å². The number of hydrogen-bond acceptors (Lipinski definition) is 7. The number of methoxy groups -OCH3 is 1. The van der Waals surface area contributed by atoms with Crippen molar-refractivity contribution in [3.05, 3.63) is 75.0 Å². The monoisotopic (exact) mass is 469 g/mol. The maximum absolute atomic E-state index is 12.8. The van der Waals surface area contributed by atoms with Crippen molar-refractivity contribution < 1.29 is 28.7 Å². The summed E-state index contributed by atoms with van der Waals surface area (Å²) in [6.07, 6.45) is 0. The SMILES string of the molecule is COc1cc(C2NC(=O)NC(C)=C2C(=O)OCC(C)C)cc([N+](=O)[O-])c1OCc1ccccc1. The Labute approximate surface area is 197 Å². The van der Waals surface area contributed by atoms with Gasteiger partial charge in [-0.2, -0.15) is 0 Å². The summed E-state index contributed by atoms with van der Waals surface area (Å²) in [5.74, 6) is -0.475. The number of benzene rings is 2. The maximum atomic E-state index is 12.8. The molecule has 0 spiro atoms. The number of nitrogens with one attached hydrogen (secondary N) is 2. The number of amides is 2. The highest BCUT2D eigenvalue weighted by atomic mass is 16.6. The molecule has 10 heteroatoms. The highest BCUT2D eigenvalue weighted by Crippen LogP contribution is 2.42. The maximum Gasteiger partial charge on any atom is 0.338 e. The van der Waals surface area contributed by atoms with Crippen LogP contribution >= 0.6 is 0 Å². The molecule has 34 heavy (non-hydrogen) atoms. The molecule has 1 aliphatic rings. The van der Waals surface area contributed by atoms with Gasteiger partial charge in [0.15, 0.2) is 5.75 Å². The molecule has 1 atom stereocenters. The minimum absolute atomic E-state index is 0.0509. The summed E-state index contributed by atoms with van der Waals surface area (Å²) in [6.45, 7) is 5.64. The molecule has 2 aromatic rings. The van der Waals surface area contributed by atoms with Crippen LogP contribution in [0.15, 0.2) is 53.7 Å². The van der Waals surface area contributed by atoms with Gasteiger partial charge in [0.1, 0.15) is 6.61 Å². The van der Waals surface area contributed by atoms with Crippen molar-refractivity contribution >= 4 is 17.7 Å². The molecular formula is C24H27N3O7. The second-order valence-corrected chi connectivity index (χ2v) is 8.17. The third-order valence-electron chi connectivity index (χ3n) is 5.07. The first kappa shape index (κ1) is 24.6. The van der Waals surface area contributed by atoms with Crippen LogP contribution in [0.4, 0.5) is 10.5 Å². The minimum Gasteiger partial charge on any atom is -0.493 e. The van der Waals surface area contributed by atoms with Gasteiger partial charge < -0.3 is 24.8 Å². The molecule has 2 amide bonds. The number of nitrogens with zero attached hydrogens (tertiary/aromatic N) is 1. The number of carbonyl (C=O) groups is 2. The van der Waals surface area contributed by atoms with E-state index in [-0.39, 0.29) is 47.5 Å². The Hall–Kier alpha value is -4.08. The van der Waals surface area contributed by atoms with Gasteiger partial charge in [0.05, 0.1) is 30.3 Å². The van der Waals surface area contributed by atoms with E-state index < -0.39 is 23.0 Å². The van der Waals surface area contributed by atoms with Crippen LogP contribution in [0, 0.1) is 16.0 Å². The van der Waals surface area contributed by atoms with E-state index in [4.69, 9.17) is 14.2 Å². The first-order chi connectivity index (χ1) is 16.2. The number of esters is 1. The Morgan fingerprint density at radius 1 is 1.21 bits per heavy atom. The van der Waals surface area contributed by atoms with Crippen molar-refractivity contribution in [1.29, 1.82) is 0 Å². The van der Waals surface area contributed by atoms with Gasteiger partial charge in [-0.3, -0.25) is 10.1 Å². The molecule has 0 fully saturated rings. The van der Waals surface area contributed by atoms with Crippen LogP contribution < -0.4 is 20.1 Å². The van der Waals surface area contributed by atoms with E-state index in [0.717, 1.165) is 5.56 Å². The minimum atomic E-state index is -0.982. The zero-order valence-electron chi connectivity index (χ0n) is 19.4. The fraction of sp³-hybridized carbons (Fsp3) is 0.333.